The smallest absolute Gasteiger partial charge is 0.197 e. The highest BCUT2D eigenvalue weighted by Crippen LogP contribution is 2.25. The van der Waals surface area contributed by atoms with Gasteiger partial charge in [-0.2, -0.15) is 0 Å². The fourth-order valence-electron chi connectivity index (χ4n) is 1.83. The molecule has 0 saturated heterocycles. The van der Waals surface area contributed by atoms with Gasteiger partial charge < -0.3 is 4.42 Å². The molecule has 2 aromatic rings. The minimum Gasteiger partial charge on any atom is -0.466 e. The van der Waals surface area contributed by atoms with Crippen LogP contribution in [0.15, 0.2) is 39.6 Å². The van der Waals surface area contributed by atoms with Crippen molar-refractivity contribution in [1.29, 1.82) is 0 Å². The molecule has 1 heterocycles. The summed E-state index contributed by atoms with van der Waals surface area (Å²) in [4.78, 5) is 13.4. The Hall–Kier alpha value is -1.48. The largest absolute Gasteiger partial charge is 0.466 e. The highest BCUT2D eigenvalue weighted by molar-refractivity contribution is 7.98. The van der Waals surface area contributed by atoms with Crippen molar-refractivity contribution in [1.82, 2.24) is 0 Å². The molecule has 0 N–H and O–H groups in total. The van der Waals surface area contributed by atoms with E-state index in [0.29, 0.717) is 11.3 Å². The molecule has 0 amide bonds. The zero-order valence-corrected chi connectivity index (χ0v) is 10.9. The third kappa shape index (κ3) is 2.29. The first-order valence-electron chi connectivity index (χ1n) is 5.38. The molecule has 0 bridgehead atoms. The third-order valence-corrected chi connectivity index (χ3v) is 3.43. The van der Waals surface area contributed by atoms with Gasteiger partial charge in [-0.25, -0.2) is 0 Å². The van der Waals surface area contributed by atoms with Crippen molar-refractivity contribution in [2.24, 2.45) is 0 Å². The number of carbonyl (C=O) groups excluding carboxylic acids is 1. The summed E-state index contributed by atoms with van der Waals surface area (Å²) >= 11 is 1.58. The van der Waals surface area contributed by atoms with Crippen LogP contribution in [-0.2, 0) is 0 Å². The molecule has 2 nitrogen and oxygen atoms in total. The highest BCUT2D eigenvalue weighted by Gasteiger charge is 2.17. The summed E-state index contributed by atoms with van der Waals surface area (Å²) in [5.74, 6) is 1.49. The van der Waals surface area contributed by atoms with Crippen molar-refractivity contribution in [2.75, 3.05) is 6.26 Å². The predicted octanol–water partition coefficient (Wildman–Crippen LogP) is 3.85. The highest BCUT2D eigenvalue weighted by atomic mass is 32.2. The molecule has 1 aromatic carbocycles. The van der Waals surface area contributed by atoms with Gasteiger partial charge in [-0.15, -0.1) is 11.8 Å². The molecule has 0 spiro atoms. The molecule has 17 heavy (non-hydrogen) atoms. The van der Waals surface area contributed by atoms with Gasteiger partial charge in [0.05, 0.1) is 5.56 Å². The van der Waals surface area contributed by atoms with Crippen LogP contribution in [0.1, 0.15) is 27.4 Å². The molecule has 0 saturated carbocycles. The maximum Gasteiger partial charge on any atom is 0.197 e. The maximum atomic E-state index is 12.4. The number of ketones is 1. The number of thioether (sulfide) groups is 1. The standard InChI is InChI=1S/C14H14O2S/c1-9-8-12(10(2)16-9)14(15)11-6-4-5-7-13(11)17-3/h4-8H,1-3H3. The number of rotatable bonds is 3. The van der Waals surface area contributed by atoms with Gasteiger partial charge in [0.1, 0.15) is 11.5 Å². The van der Waals surface area contributed by atoms with Crippen LogP contribution >= 0.6 is 11.8 Å². The van der Waals surface area contributed by atoms with E-state index in [4.69, 9.17) is 4.42 Å². The fourth-order valence-corrected chi connectivity index (χ4v) is 2.43. The quantitative estimate of drug-likeness (QED) is 0.608. The zero-order chi connectivity index (χ0) is 12.4. The number of aryl methyl sites for hydroxylation is 2. The molecule has 2 rings (SSSR count). The summed E-state index contributed by atoms with van der Waals surface area (Å²) in [5, 5.41) is 0. The lowest BCUT2D eigenvalue weighted by Crippen LogP contribution is -2.03. The molecule has 0 radical (unpaired) electrons. The van der Waals surface area contributed by atoms with Crippen LogP contribution in [0.5, 0.6) is 0 Å². The first-order valence-corrected chi connectivity index (χ1v) is 6.60. The third-order valence-electron chi connectivity index (χ3n) is 2.64. The van der Waals surface area contributed by atoms with E-state index in [1.165, 1.54) is 0 Å². The van der Waals surface area contributed by atoms with E-state index in [1.807, 2.05) is 44.4 Å². The topological polar surface area (TPSA) is 30.2 Å². The van der Waals surface area contributed by atoms with E-state index in [0.717, 1.165) is 16.2 Å². The molecule has 0 aliphatic rings. The molecular formula is C14H14O2S. The number of hydrogen-bond donors (Lipinski definition) is 0. The molecule has 3 heteroatoms. The van der Waals surface area contributed by atoms with Gasteiger partial charge in [-0.05, 0) is 38.3 Å². The van der Waals surface area contributed by atoms with E-state index in [9.17, 15) is 4.79 Å². The van der Waals surface area contributed by atoms with Crippen molar-refractivity contribution >= 4 is 17.5 Å². The molecule has 1 aromatic heterocycles. The van der Waals surface area contributed by atoms with Crippen LogP contribution in [0.4, 0.5) is 0 Å². The van der Waals surface area contributed by atoms with Crippen LogP contribution in [0.2, 0.25) is 0 Å². The Balaban J connectivity index is 2.47. The Morgan fingerprint density at radius 3 is 2.47 bits per heavy atom. The SMILES string of the molecule is CSc1ccccc1C(=O)c1cc(C)oc1C. The van der Waals surface area contributed by atoms with E-state index in [1.54, 1.807) is 17.8 Å². The van der Waals surface area contributed by atoms with Gasteiger partial charge in [0.15, 0.2) is 5.78 Å². The van der Waals surface area contributed by atoms with Gasteiger partial charge in [-0.3, -0.25) is 4.79 Å². The lowest BCUT2D eigenvalue weighted by atomic mass is 10.0. The Bertz CT molecular complexity index is 555. The normalized spacial score (nSPS) is 10.5. The van der Waals surface area contributed by atoms with Crippen LogP contribution < -0.4 is 0 Å². The Morgan fingerprint density at radius 1 is 1.18 bits per heavy atom. The van der Waals surface area contributed by atoms with E-state index < -0.39 is 0 Å². The molecular weight excluding hydrogens is 232 g/mol. The van der Waals surface area contributed by atoms with Gasteiger partial charge in [-0.1, -0.05) is 12.1 Å². The van der Waals surface area contributed by atoms with E-state index in [-0.39, 0.29) is 5.78 Å². The Morgan fingerprint density at radius 2 is 1.88 bits per heavy atom. The van der Waals surface area contributed by atoms with Crippen molar-refractivity contribution < 1.29 is 9.21 Å². The summed E-state index contributed by atoms with van der Waals surface area (Å²) in [6, 6.07) is 9.44. The fraction of sp³-hybridized carbons (Fsp3) is 0.214. The summed E-state index contributed by atoms with van der Waals surface area (Å²) in [6.07, 6.45) is 1.97. The number of carbonyl (C=O) groups is 1. The first-order chi connectivity index (χ1) is 8.13. The Labute approximate surface area is 105 Å². The lowest BCUT2D eigenvalue weighted by Gasteiger charge is -2.04. The monoisotopic (exact) mass is 246 g/mol. The first kappa shape index (κ1) is 12.0. The second-order valence-electron chi connectivity index (χ2n) is 3.86. The maximum absolute atomic E-state index is 12.4. The van der Waals surface area contributed by atoms with Gasteiger partial charge in [0, 0.05) is 10.5 Å². The molecule has 0 aliphatic carbocycles. The van der Waals surface area contributed by atoms with Gasteiger partial charge >= 0.3 is 0 Å². The lowest BCUT2D eigenvalue weighted by molar-refractivity contribution is 0.103. The Kier molecular flexibility index (Phi) is 3.38. The summed E-state index contributed by atoms with van der Waals surface area (Å²) in [6.45, 7) is 3.67. The minimum absolute atomic E-state index is 0.0318. The van der Waals surface area contributed by atoms with Crippen LogP contribution in [-0.4, -0.2) is 12.0 Å². The van der Waals surface area contributed by atoms with E-state index >= 15 is 0 Å². The van der Waals surface area contributed by atoms with Gasteiger partial charge in [0.25, 0.3) is 0 Å². The number of benzene rings is 1. The second-order valence-corrected chi connectivity index (χ2v) is 4.70. The average molecular weight is 246 g/mol. The molecule has 0 aliphatic heterocycles. The van der Waals surface area contributed by atoms with Crippen molar-refractivity contribution in [2.45, 2.75) is 18.7 Å². The summed E-state index contributed by atoms with van der Waals surface area (Å²) < 4.78 is 5.40. The van der Waals surface area contributed by atoms with Crippen molar-refractivity contribution in [3.8, 4) is 0 Å². The second kappa shape index (κ2) is 4.80. The molecule has 0 fully saturated rings. The number of furan rings is 1. The van der Waals surface area contributed by atoms with Crippen LogP contribution in [0.3, 0.4) is 0 Å². The summed E-state index contributed by atoms with van der Waals surface area (Å²) in [5.41, 5.74) is 1.40. The van der Waals surface area contributed by atoms with Gasteiger partial charge in [0.2, 0.25) is 0 Å². The van der Waals surface area contributed by atoms with Crippen LogP contribution in [0, 0.1) is 13.8 Å². The van der Waals surface area contributed by atoms with Crippen molar-refractivity contribution in [3.05, 3.63) is 53.0 Å². The van der Waals surface area contributed by atoms with Crippen LogP contribution in [0.25, 0.3) is 0 Å². The minimum atomic E-state index is 0.0318. The van der Waals surface area contributed by atoms with E-state index in [2.05, 4.69) is 0 Å². The molecule has 0 unspecified atom stereocenters. The summed E-state index contributed by atoms with van der Waals surface area (Å²) in [7, 11) is 0. The average Bonchev–Trinajstić information content (AvgIpc) is 2.67. The van der Waals surface area contributed by atoms with Crippen molar-refractivity contribution in [3.63, 3.8) is 0 Å². The zero-order valence-electron chi connectivity index (χ0n) is 10.1. The molecule has 88 valence electrons. The molecule has 0 atom stereocenters. The number of hydrogen-bond acceptors (Lipinski definition) is 3. The predicted molar refractivity (Wildman–Crippen MR) is 69.8 cm³/mol.